The van der Waals surface area contributed by atoms with Gasteiger partial charge in [-0.3, -0.25) is 14.4 Å². The standard InChI is InChI=1S/C18H15BrFNO4/c1-11(22)21-14-6-7-15(16(20)9-14)17(23)10-25-18(24)8-12-2-4-13(19)5-3-12/h2-7,9H,8,10H2,1H3,(H,21,22). The molecule has 7 heteroatoms. The van der Waals surface area contributed by atoms with Gasteiger partial charge < -0.3 is 10.1 Å². The van der Waals surface area contributed by atoms with Gasteiger partial charge in [-0.1, -0.05) is 28.1 Å². The van der Waals surface area contributed by atoms with Crippen LogP contribution in [0, 0.1) is 5.82 Å². The predicted octanol–water partition coefficient (Wildman–Crippen LogP) is 3.52. The molecule has 0 aromatic heterocycles. The molecule has 1 N–H and O–H groups in total. The molecule has 0 spiro atoms. The highest BCUT2D eigenvalue weighted by Gasteiger charge is 2.15. The molecule has 0 aliphatic rings. The number of ether oxygens (including phenoxy) is 1. The molecule has 0 saturated carbocycles. The van der Waals surface area contributed by atoms with Crippen LogP contribution in [0.1, 0.15) is 22.8 Å². The van der Waals surface area contributed by atoms with E-state index in [4.69, 9.17) is 4.74 Å². The third-order valence-electron chi connectivity index (χ3n) is 3.22. The second-order valence-corrected chi connectivity index (χ2v) is 6.18. The zero-order valence-corrected chi connectivity index (χ0v) is 14.9. The van der Waals surface area contributed by atoms with Gasteiger partial charge in [-0.05, 0) is 35.9 Å². The number of rotatable bonds is 6. The maximum Gasteiger partial charge on any atom is 0.310 e. The Hall–Kier alpha value is -2.54. The van der Waals surface area contributed by atoms with Gasteiger partial charge in [0.05, 0.1) is 12.0 Å². The quantitative estimate of drug-likeness (QED) is 0.587. The first-order valence-corrected chi connectivity index (χ1v) is 8.15. The maximum atomic E-state index is 13.9. The smallest absolute Gasteiger partial charge is 0.310 e. The van der Waals surface area contributed by atoms with Gasteiger partial charge in [0.1, 0.15) is 5.82 Å². The number of hydrogen-bond donors (Lipinski definition) is 1. The lowest BCUT2D eigenvalue weighted by Crippen LogP contribution is -2.17. The summed E-state index contributed by atoms with van der Waals surface area (Å²) in [6.45, 7) is 0.744. The molecule has 2 aromatic rings. The number of hydrogen-bond acceptors (Lipinski definition) is 4. The minimum Gasteiger partial charge on any atom is -0.457 e. The lowest BCUT2D eigenvalue weighted by molar-refractivity contribution is -0.141. The Morgan fingerprint density at radius 1 is 1.12 bits per heavy atom. The summed E-state index contributed by atoms with van der Waals surface area (Å²) in [5, 5.41) is 2.41. The van der Waals surface area contributed by atoms with Crippen molar-refractivity contribution in [2.75, 3.05) is 11.9 Å². The van der Waals surface area contributed by atoms with Gasteiger partial charge in [-0.25, -0.2) is 4.39 Å². The molecule has 5 nitrogen and oxygen atoms in total. The maximum absolute atomic E-state index is 13.9. The van der Waals surface area contributed by atoms with Crippen LogP contribution >= 0.6 is 15.9 Å². The van der Waals surface area contributed by atoms with Crippen molar-refractivity contribution in [1.82, 2.24) is 0 Å². The molecule has 1 amide bonds. The van der Waals surface area contributed by atoms with Crippen LogP contribution in [0.5, 0.6) is 0 Å². The molecule has 0 heterocycles. The second-order valence-electron chi connectivity index (χ2n) is 5.26. The third kappa shape index (κ3) is 5.79. The molecule has 0 aliphatic carbocycles. The van der Waals surface area contributed by atoms with Crippen LogP contribution in [0.15, 0.2) is 46.9 Å². The van der Waals surface area contributed by atoms with Crippen LogP contribution in [-0.4, -0.2) is 24.3 Å². The molecule has 0 atom stereocenters. The van der Waals surface area contributed by atoms with E-state index in [9.17, 15) is 18.8 Å². The first-order chi connectivity index (χ1) is 11.8. The monoisotopic (exact) mass is 407 g/mol. The second kappa shape index (κ2) is 8.53. The van der Waals surface area contributed by atoms with Crippen molar-refractivity contribution in [2.24, 2.45) is 0 Å². The van der Waals surface area contributed by atoms with Gasteiger partial charge in [0.15, 0.2) is 6.61 Å². The summed E-state index contributed by atoms with van der Waals surface area (Å²) in [5.41, 5.74) is 0.783. The van der Waals surface area contributed by atoms with Gasteiger partial charge in [0.2, 0.25) is 11.7 Å². The Kier molecular flexibility index (Phi) is 6.41. The van der Waals surface area contributed by atoms with E-state index in [1.54, 1.807) is 24.3 Å². The van der Waals surface area contributed by atoms with Crippen LogP contribution in [-0.2, 0) is 20.7 Å². The van der Waals surface area contributed by atoms with E-state index in [2.05, 4.69) is 21.2 Å². The van der Waals surface area contributed by atoms with E-state index in [0.29, 0.717) is 0 Å². The lowest BCUT2D eigenvalue weighted by atomic mass is 10.1. The van der Waals surface area contributed by atoms with Crippen molar-refractivity contribution in [3.8, 4) is 0 Å². The first-order valence-electron chi connectivity index (χ1n) is 7.35. The molecule has 0 bridgehead atoms. The number of halogens is 2. The van der Waals surface area contributed by atoms with E-state index < -0.39 is 24.2 Å². The summed E-state index contributed by atoms with van der Waals surface area (Å²) in [6, 6.07) is 10.8. The van der Waals surface area contributed by atoms with Gasteiger partial charge >= 0.3 is 5.97 Å². The Labute approximate surface area is 152 Å². The predicted molar refractivity (Wildman–Crippen MR) is 93.8 cm³/mol. The summed E-state index contributed by atoms with van der Waals surface area (Å²) >= 11 is 3.29. The van der Waals surface area contributed by atoms with Gasteiger partial charge in [-0.2, -0.15) is 0 Å². The fourth-order valence-electron chi connectivity index (χ4n) is 2.07. The number of amides is 1. The summed E-state index contributed by atoms with van der Waals surface area (Å²) in [6.07, 6.45) is 0.0184. The average Bonchev–Trinajstić information content (AvgIpc) is 2.54. The number of anilines is 1. The molecular formula is C18H15BrFNO4. The van der Waals surface area contributed by atoms with Crippen molar-refractivity contribution in [2.45, 2.75) is 13.3 Å². The number of Topliss-reactive ketones (excluding diaryl/α,β-unsaturated/α-hetero) is 1. The van der Waals surface area contributed by atoms with Crippen molar-refractivity contribution < 1.29 is 23.5 Å². The minimum atomic E-state index is -0.791. The molecule has 0 aliphatic heterocycles. The van der Waals surface area contributed by atoms with Gasteiger partial charge in [0, 0.05) is 17.1 Å². The molecule has 130 valence electrons. The SMILES string of the molecule is CC(=O)Nc1ccc(C(=O)COC(=O)Cc2ccc(Br)cc2)c(F)c1. The summed E-state index contributed by atoms with van der Waals surface area (Å²) in [4.78, 5) is 34.7. The fraction of sp³-hybridized carbons (Fsp3) is 0.167. The van der Waals surface area contributed by atoms with Crippen molar-refractivity contribution in [3.05, 3.63) is 63.9 Å². The normalized spacial score (nSPS) is 10.2. The van der Waals surface area contributed by atoms with Crippen molar-refractivity contribution >= 4 is 39.3 Å². The van der Waals surface area contributed by atoms with Crippen LogP contribution in [0.3, 0.4) is 0 Å². The van der Waals surface area contributed by atoms with Gasteiger partial charge in [0.25, 0.3) is 0 Å². The number of ketones is 1. The number of esters is 1. The fourth-order valence-corrected chi connectivity index (χ4v) is 2.33. The third-order valence-corrected chi connectivity index (χ3v) is 3.74. The molecule has 0 radical (unpaired) electrons. The Morgan fingerprint density at radius 3 is 2.40 bits per heavy atom. The summed E-state index contributed by atoms with van der Waals surface area (Å²) in [7, 11) is 0. The molecule has 0 unspecified atom stereocenters. The molecule has 25 heavy (non-hydrogen) atoms. The molecular weight excluding hydrogens is 393 g/mol. The number of benzene rings is 2. The van der Waals surface area contributed by atoms with E-state index in [0.717, 1.165) is 16.1 Å². The highest BCUT2D eigenvalue weighted by atomic mass is 79.9. The molecule has 2 aromatic carbocycles. The Balaban J connectivity index is 1.92. The average molecular weight is 408 g/mol. The van der Waals surface area contributed by atoms with E-state index >= 15 is 0 Å². The van der Waals surface area contributed by atoms with Gasteiger partial charge in [-0.15, -0.1) is 0 Å². The van der Waals surface area contributed by atoms with Crippen LogP contribution in [0.2, 0.25) is 0 Å². The van der Waals surface area contributed by atoms with Crippen LogP contribution in [0.4, 0.5) is 10.1 Å². The highest BCUT2D eigenvalue weighted by Crippen LogP contribution is 2.16. The molecule has 2 rings (SSSR count). The van der Waals surface area contributed by atoms with Crippen molar-refractivity contribution in [3.63, 3.8) is 0 Å². The Bertz CT molecular complexity index is 805. The number of carbonyl (C=O) groups excluding carboxylic acids is 3. The van der Waals surface area contributed by atoms with Crippen molar-refractivity contribution in [1.29, 1.82) is 0 Å². The largest absolute Gasteiger partial charge is 0.457 e. The highest BCUT2D eigenvalue weighted by molar-refractivity contribution is 9.10. The van der Waals surface area contributed by atoms with E-state index in [-0.39, 0.29) is 23.6 Å². The lowest BCUT2D eigenvalue weighted by Gasteiger charge is -2.07. The zero-order chi connectivity index (χ0) is 18.4. The van der Waals surface area contributed by atoms with E-state index in [1.807, 2.05) is 0 Å². The van der Waals surface area contributed by atoms with E-state index in [1.165, 1.54) is 19.1 Å². The Morgan fingerprint density at radius 2 is 1.80 bits per heavy atom. The van der Waals surface area contributed by atoms with Crippen LogP contribution < -0.4 is 5.32 Å². The first kappa shape index (κ1) is 18.8. The number of nitrogens with one attached hydrogen (secondary N) is 1. The summed E-state index contributed by atoms with van der Waals surface area (Å²) in [5.74, 6) is -2.37. The number of carbonyl (C=O) groups is 3. The van der Waals surface area contributed by atoms with Crippen LogP contribution in [0.25, 0.3) is 0 Å². The minimum absolute atomic E-state index is 0.0184. The summed E-state index contributed by atoms with van der Waals surface area (Å²) < 4.78 is 19.7. The topological polar surface area (TPSA) is 72.5 Å². The zero-order valence-electron chi connectivity index (χ0n) is 13.3. The molecule has 0 fully saturated rings. The molecule has 0 saturated heterocycles.